The van der Waals surface area contributed by atoms with Gasteiger partial charge in [-0.25, -0.2) is 0 Å². The predicted molar refractivity (Wildman–Crippen MR) is 90.4 cm³/mol. The second kappa shape index (κ2) is 9.99. The summed E-state index contributed by atoms with van der Waals surface area (Å²) in [4.78, 5) is 0. The summed E-state index contributed by atoms with van der Waals surface area (Å²) >= 11 is 4.93. The van der Waals surface area contributed by atoms with Crippen LogP contribution < -0.4 is 20.2 Å². The van der Waals surface area contributed by atoms with Gasteiger partial charge in [0.15, 0.2) is 16.6 Å². The smallest absolute Gasteiger partial charge is 0.186 e. The molecule has 0 aromatic heterocycles. The highest BCUT2D eigenvalue weighted by atomic mass is 32.1. The molecule has 5 nitrogen and oxygen atoms in total. The lowest BCUT2D eigenvalue weighted by Crippen LogP contribution is -2.28. The van der Waals surface area contributed by atoms with E-state index < -0.39 is 0 Å². The Morgan fingerprint density at radius 3 is 2.81 bits per heavy atom. The average molecular weight is 309 g/mol. The van der Waals surface area contributed by atoms with E-state index in [9.17, 15) is 0 Å². The Hall–Kier alpha value is -1.82. The van der Waals surface area contributed by atoms with Crippen molar-refractivity contribution in [1.29, 1.82) is 0 Å². The van der Waals surface area contributed by atoms with Gasteiger partial charge in [-0.15, -0.1) is 0 Å². The molecule has 1 aromatic carbocycles. The first-order valence-electron chi connectivity index (χ1n) is 7.02. The van der Waals surface area contributed by atoms with E-state index in [4.69, 9.17) is 21.7 Å². The summed E-state index contributed by atoms with van der Waals surface area (Å²) in [6.07, 6.45) is 5.07. The van der Waals surface area contributed by atoms with Crippen molar-refractivity contribution in [3.05, 3.63) is 23.8 Å². The van der Waals surface area contributed by atoms with Gasteiger partial charge in [0.1, 0.15) is 0 Å². The van der Waals surface area contributed by atoms with Crippen molar-refractivity contribution in [2.24, 2.45) is 5.10 Å². The minimum absolute atomic E-state index is 0.467. The largest absolute Gasteiger partial charge is 0.493 e. The maximum Gasteiger partial charge on any atom is 0.186 e. The van der Waals surface area contributed by atoms with Gasteiger partial charge in [-0.05, 0) is 42.4 Å². The summed E-state index contributed by atoms with van der Waals surface area (Å²) in [5, 5.41) is 7.27. The Morgan fingerprint density at radius 1 is 1.33 bits per heavy atom. The summed E-state index contributed by atoms with van der Waals surface area (Å²) < 4.78 is 11.1. The third kappa shape index (κ3) is 6.44. The molecule has 0 aliphatic rings. The van der Waals surface area contributed by atoms with Gasteiger partial charge in [-0.1, -0.05) is 19.8 Å². The van der Waals surface area contributed by atoms with E-state index in [1.165, 1.54) is 12.8 Å². The molecule has 0 unspecified atom stereocenters. The number of rotatable bonds is 8. The predicted octanol–water partition coefficient (Wildman–Crippen LogP) is 2.69. The first kappa shape index (κ1) is 17.2. The van der Waals surface area contributed by atoms with Crippen molar-refractivity contribution in [2.75, 3.05) is 20.8 Å². The van der Waals surface area contributed by atoms with Crippen molar-refractivity contribution >= 4 is 23.5 Å². The van der Waals surface area contributed by atoms with E-state index in [-0.39, 0.29) is 0 Å². The van der Waals surface area contributed by atoms with Crippen LogP contribution in [0.5, 0.6) is 11.5 Å². The number of unbranched alkanes of at least 4 members (excludes halogenated alkanes) is 2. The SMILES string of the molecule is CCCCCOc1ccc(/C=N\NC(=S)NC)cc1OC. The zero-order valence-corrected chi connectivity index (χ0v) is 13.6. The van der Waals surface area contributed by atoms with E-state index >= 15 is 0 Å². The number of methoxy groups -OCH3 is 1. The van der Waals surface area contributed by atoms with Crippen LogP contribution in [0.15, 0.2) is 23.3 Å². The third-order valence-corrected chi connectivity index (χ3v) is 3.10. The molecule has 0 fully saturated rings. The molecule has 0 saturated heterocycles. The van der Waals surface area contributed by atoms with Crippen LogP contribution in [0.1, 0.15) is 31.7 Å². The van der Waals surface area contributed by atoms with Gasteiger partial charge >= 0.3 is 0 Å². The molecule has 6 heteroatoms. The van der Waals surface area contributed by atoms with Crippen LogP contribution in [0, 0.1) is 0 Å². The zero-order chi connectivity index (χ0) is 15.5. The lowest BCUT2D eigenvalue weighted by molar-refractivity contribution is 0.286. The highest BCUT2D eigenvalue weighted by molar-refractivity contribution is 7.80. The molecular formula is C15H23N3O2S. The van der Waals surface area contributed by atoms with Crippen LogP contribution in [-0.2, 0) is 0 Å². The standard InChI is InChI=1S/C15H23N3O2S/c1-4-5-6-9-20-13-8-7-12(10-14(13)19-3)11-17-18-15(21)16-2/h7-8,10-11H,4-6,9H2,1-3H3,(H2,16,18,21)/b17-11-. The van der Waals surface area contributed by atoms with Crippen molar-refractivity contribution in [3.63, 3.8) is 0 Å². The Bertz CT molecular complexity index is 478. The molecule has 0 atom stereocenters. The quantitative estimate of drug-likeness (QED) is 0.335. The van der Waals surface area contributed by atoms with Gasteiger partial charge in [0, 0.05) is 7.05 Å². The van der Waals surface area contributed by atoms with Gasteiger partial charge < -0.3 is 14.8 Å². The fourth-order valence-corrected chi connectivity index (χ4v) is 1.69. The number of thiocarbonyl (C=S) groups is 1. The number of hydrazone groups is 1. The van der Waals surface area contributed by atoms with E-state index in [0.29, 0.717) is 17.5 Å². The fourth-order valence-electron chi connectivity index (χ4n) is 1.64. The lowest BCUT2D eigenvalue weighted by atomic mass is 10.2. The molecule has 2 N–H and O–H groups in total. The molecule has 0 heterocycles. The normalized spacial score (nSPS) is 10.4. The van der Waals surface area contributed by atoms with Gasteiger partial charge in [-0.2, -0.15) is 5.10 Å². The van der Waals surface area contributed by atoms with Gasteiger partial charge in [0.05, 0.1) is 19.9 Å². The van der Waals surface area contributed by atoms with Crippen LogP contribution in [0.25, 0.3) is 0 Å². The van der Waals surface area contributed by atoms with E-state index in [2.05, 4.69) is 22.8 Å². The van der Waals surface area contributed by atoms with Crippen molar-refractivity contribution in [3.8, 4) is 11.5 Å². The van der Waals surface area contributed by atoms with E-state index in [1.54, 1.807) is 20.4 Å². The van der Waals surface area contributed by atoms with Gasteiger partial charge in [0.2, 0.25) is 0 Å². The molecule has 0 amide bonds. The topological polar surface area (TPSA) is 54.9 Å². The Labute approximate surface area is 131 Å². The molecule has 1 rings (SSSR count). The summed E-state index contributed by atoms with van der Waals surface area (Å²) in [5.74, 6) is 1.45. The number of hydrogen-bond acceptors (Lipinski definition) is 4. The molecule has 1 aromatic rings. The molecule has 0 aliphatic carbocycles. The molecule has 0 spiro atoms. The van der Waals surface area contributed by atoms with Crippen LogP contribution in [0.2, 0.25) is 0 Å². The van der Waals surface area contributed by atoms with Crippen LogP contribution in [0.4, 0.5) is 0 Å². The Balaban J connectivity index is 2.63. The van der Waals surface area contributed by atoms with Crippen LogP contribution in [0.3, 0.4) is 0 Å². The highest BCUT2D eigenvalue weighted by Gasteiger charge is 2.04. The lowest BCUT2D eigenvalue weighted by Gasteiger charge is -2.11. The highest BCUT2D eigenvalue weighted by Crippen LogP contribution is 2.27. The molecule has 116 valence electrons. The van der Waals surface area contributed by atoms with Crippen LogP contribution >= 0.6 is 12.2 Å². The number of ether oxygens (including phenoxy) is 2. The maximum atomic E-state index is 5.73. The van der Waals surface area contributed by atoms with Crippen molar-refractivity contribution in [2.45, 2.75) is 26.2 Å². The third-order valence-electron chi connectivity index (χ3n) is 2.80. The van der Waals surface area contributed by atoms with Crippen LogP contribution in [-0.4, -0.2) is 32.1 Å². The second-order valence-corrected chi connectivity index (χ2v) is 4.82. The number of nitrogens with zero attached hydrogens (tertiary/aromatic N) is 1. The number of nitrogens with one attached hydrogen (secondary N) is 2. The second-order valence-electron chi connectivity index (χ2n) is 4.41. The molecular weight excluding hydrogens is 286 g/mol. The van der Waals surface area contributed by atoms with Gasteiger partial charge in [-0.3, -0.25) is 5.43 Å². The Morgan fingerprint density at radius 2 is 2.14 bits per heavy atom. The minimum Gasteiger partial charge on any atom is -0.493 e. The summed E-state index contributed by atoms with van der Waals surface area (Å²) in [7, 11) is 3.36. The summed E-state index contributed by atoms with van der Waals surface area (Å²) in [5.41, 5.74) is 3.60. The fraction of sp³-hybridized carbons (Fsp3) is 0.467. The van der Waals surface area contributed by atoms with E-state index in [0.717, 1.165) is 17.7 Å². The maximum absolute atomic E-state index is 5.73. The summed E-state index contributed by atoms with van der Waals surface area (Å²) in [6, 6.07) is 5.69. The average Bonchev–Trinajstić information content (AvgIpc) is 2.52. The first-order chi connectivity index (χ1) is 10.2. The zero-order valence-electron chi connectivity index (χ0n) is 12.8. The molecule has 21 heavy (non-hydrogen) atoms. The number of benzene rings is 1. The minimum atomic E-state index is 0.467. The summed E-state index contributed by atoms with van der Waals surface area (Å²) in [6.45, 7) is 2.87. The molecule has 0 radical (unpaired) electrons. The van der Waals surface area contributed by atoms with Crippen molar-refractivity contribution < 1.29 is 9.47 Å². The van der Waals surface area contributed by atoms with Crippen molar-refractivity contribution in [1.82, 2.24) is 10.7 Å². The molecule has 0 aliphatic heterocycles. The first-order valence-corrected chi connectivity index (χ1v) is 7.43. The molecule has 0 saturated carbocycles. The molecule has 0 bridgehead atoms. The number of hydrogen-bond donors (Lipinski definition) is 2. The van der Waals surface area contributed by atoms with E-state index in [1.807, 2.05) is 18.2 Å². The van der Waals surface area contributed by atoms with Gasteiger partial charge in [0.25, 0.3) is 0 Å². The Kier molecular flexibility index (Phi) is 8.19. The monoisotopic (exact) mass is 309 g/mol.